The number of unbranched alkanes of at least 4 members (excludes halogenated alkanes) is 16. The normalized spacial score (nSPS) is 13.7. The van der Waals surface area contributed by atoms with Crippen LogP contribution in [-0.4, -0.2) is 82.3 Å². The maximum absolute atomic E-state index is 12.9. The summed E-state index contributed by atoms with van der Waals surface area (Å²) < 4.78 is 22.6. The van der Waals surface area contributed by atoms with E-state index in [2.05, 4.69) is 135 Å². The van der Waals surface area contributed by atoms with Crippen molar-refractivity contribution in [3.05, 3.63) is 122 Å². The van der Waals surface area contributed by atoms with Gasteiger partial charge in [0.05, 0.1) is 40.3 Å². The highest BCUT2D eigenvalue weighted by Crippen LogP contribution is 2.14. The number of likely N-dealkylation sites (N-methyl/N-ethyl adjacent to an activating group) is 1. The number of ether oxygens (including phenoxy) is 4. The number of aliphatic carboxylic acids is 1. The zero-order valence-electron chi connectivity index (χ0n) is 47.0. The molecule has 2 unspecified atom stereocenters. The Morgan fingerprint density at radius 1 is 0.425 bits per heavy atom. The van der Waals surface area contributed by atoms with Gasteiger partial charge >= 0.3 is 11.9 Å². The summed E-state index contributed by atoms with van der Waals surface area (Å²) in [5, 5.41) is 11.8. The fraction of sp³-hybridized carbons (Fsp3) is 0.641. The molecule has 9 nitrogen and oxygen atoms in total. The van der Waals surface area contributed by atoms with E-state index in [0.717, 1.165) is 116 Å². The molecule has 0 spiro atoms. The number of carboxylic acid groups (broad SMARTS) is 1. The van der Waals surface area contributed by atoms with Crippen molar-refractivity contribution in [1.82, 2.24) is 0 Å². The van der Waals surface area contributed by atoms with Crippen LogP contribution in [-0.2, 0) is 33.3 Å². The Balaban J connectivity index is 4.27. The van der Waals surface area contributed by atoms with E-state index in [1.165, 1.54) is 51.4 Å². The molecule has 0 aromatic carbocycles. The van der Waals surface area contributed by atoms with Crippen LogP contribution in [0.3, 0.4) is 0 Å². The molecule has 0 aliphatic carbocycles. The molecule has 0 aromatic heterocycles. The van der Waals surface area contributed by atoms with Crippen molar-refractivity contribution in [2.75, 3.05) is 47.5 Å². The molecule has 0 amide bonds. The number of hydrogen-bond donors (Lipinski definition) is 0. The molecule has 9 heteroatoms. The van der Waals surface area contributed by atoms with Gasteiger partial charge in [0.15, 0.2) is 12.4 Å². The lowest BCUT2D eigenvalue weighted by atomic mass is 10.1. The van der Waals surface area contributed by atoms with Gasteiger partial charge in [-0.05, 0) is 109 Å². The van der Waals surface area contributed by atoms with Crippen molar-refractivity contribution in [1.29, 1.82) is 0 Å². The molecule has 414 valence electrons. The van der Waals surface area contributed by atoms with Crippen LogP contribution < -0.4 is 5.11 Å². The van der Waals surface area contributed by atoms with Crippen LogP contribution in [0.1, 0.15) is 206 Å². The molecule has 2 atom stereocenters. The second kappa shape index (κ2) is 54.0. The Bertz CT molecular complexity index is 1610. The number of hydrogen-bond acceptors (Lipinski definition) is 8. The average molecular weight is 1020 g/mol. The van der Waals surface area contributed by atoms with E-state index in [4.69, 9.17) is 18.9 Å². The van der Waals surface area contributed by atoms with Crippen LogP contribution in [0.15, 0.2) is 122 Å². The van der Waals surface area contributed by atoms with E-state index in [0.29, 0.717) is 23.9 Å². The summed E-state index contributed by atoms with van der Waals surface area (Å²) in [5.74, 6) is -2.33. The van der Waals surface area contributed by atoms with Gasteiger partial charge in [-0.25, -0.2) is 0 Å². The number of quaternary nitrogens is 1. The van der Waals surface area contributed by atoms with Gasteiger partial charge in [-0.2, -0.15) is 0 Å². The third-order valence-electron chi connectivity index (χ3n) is 11.7. The minimum Gasteiger partial charge on any atom is -0.545 e. The van der Waals surface area contributed by atoms with E-state index in [9.17, 15) is 19.5 Å². The molecule has 0 N–H and O–H groups in total. The molecule has 0 heterocycles. The summed E-state index contributed by atoms with van der Waals surface area (Å²) in [7, 11) is 5.90. The van der Waals surface area contributed by atoms with Crippen LogP contribution in [0.25, 0.3) is 0 Å². The summed E-state index contributed by atoms with van der Waals surface area (Å²) in [4.78, 5) is 37.2. The third-order valence-corrected chi connectivity index (χ3v) is 11.7. The molecule has 0 aliphatic rings. The summed E-state index contributed by atoms with van der Waals surface area (Å²) in [6.45, 7) is 4.56. The zero-order valence-corrected chi connectivity index (χ0v) is 47.0. The predicted molar refractivity (Wildman–Crippen MR) is 306 cm³/mol. The molecule has 0 saturated heterocycles. The first-order chi connectivity index (χ1) is 35.6. The first kappa shape index (κ1) is 68.7. The lowest BCUT2D eigenvalue weighted by molar-refractivity contribution is -0.870. The number of carbonyl (C=O) groups excluding carboxylic acids is 3. The number of nitrogens with zero attached hydrogens (tertiary/aromatic N) is 1. The largest absolute Gasteiger partial charge is 0.545 e. The summed E-state index contributed by atoms with van der Waals surface area (Å²) in [6, 6.07) is 0. The van der Waals surface area contributed by atoms with Crippen molar-refractivity contribution >= 4 is 17.9 Å². The standard InChI is InChI=1S/C64H105NO8/c1-6-8-10-12-14-16-18-20-22-23-24-25-26-27-28-29-30-31-32-33-34-35-36-37-38-39-41-43-45-47-49-51-53-55-62(67)73-60(59-72-64(63(68)69)70-57-56-65(3,4)5)58-71-61(66)54-52-50-48-46-44-42-40-21-19-17-15-13-11-9-7-2/h8,10,14-17,20-22,24-25,27-28,30-31,33-34,36-37,40,60,64H,6-7,9,11-13,18-19,23,26,29,32,35,38-39,41-59H2,1-5H3/b10-8-,16-14-,17-15-,22-20-,25-24-,28-27-,31-30-,34-33-,37-36-,40-21-. The number of esters is 2. The van der Waals surface area contributed by atoms with Crippen molar-refractivity contribution in [3.8, 4) is 0 Å². The molecule has 0 saturated carbocycles. The van der Waals surface area contributed by atoms with Crippen LogP contribution in [0.2, 0.25) is 0 Å². The number of carbonyl (C=O) groups is 3. The SMILES string of the molecule is CC/C=C\C/C=C\C/C=C\C/C=C\C/C=C\C/C=C\C/C=C\C/C=C\CCCCCCCCCCC(=O)OC(COC(=O)CCCCCCC/C=C\C/C=C\CCCCC)COC(OCC[N+](C)(C)C)C(=O)[O-]. The molecule has 0 radical (unpaired) electrons. The lowest BCUT2D eigenvalue weighted by Gasteiger charge is -2.26. The highest BCUT2D eigenvalue weighted by molar-refractivity contribution is 5.70. The summed E-state index contributed by atoms with van der Waals surface area (Å²) in [6.07, 6.45) is 72.4. The van der Waals surface area contributed by atoms with Crippen molar-refractivity contribution < 1.29 is 42.9 Å². The topological polar surface area (TPSA) is 111 Å². The van der Waals surface area contributed by atoms with Crippen LogP contribution in [0, 0.1) is 0 Å². The molecule has 0 aromatic rings. The smallest absolute Gasteiger partial charge is 0.306 e. The first-order valence-corrected chi connectivity index (χ1v) is 28.7. The first-order valence-electron chi connectivity index (χ1n) is 28.7. The molecule has 0 bridgehead atoms. The fourth-order valence-electron chi connectivity index (χ4n) is 7.29. The molecule has 0 fully saturated rings. The van der Waals surface area contributed by atoms with Crippen LogP contribution in [0.5, 0.6) is 0 Å². The fourth-order valence-corrected chi connectivity index (χ4v) is 7.29. The predicted octanol–water partition coefficient (Wildman–Crippen LogP) is 15.6. The Labute approximate surface area is 447 Å². The second-order valence-electron chi connectivity index (χ2n) is 19.8. The molecule has 0 aliphatic heterocycles. The Morgan fingerprint density at radius 2 is 0.781 bits per heavy atom. The zero-order chi connectivity index (χ0) is 53.4. The third kappa shape index (κ3) is 55.3. The lowest BCUT2D eigenvalue weighted by Crippen LogP contribution is -2.44. The second-order valence-corrected chi connectivity index (χ2v) is 19.8. The van der Waals surface area contributed by atoms with E-state index in [1.807, 2.05) is 21.1 Å². The van der Waals surface area contributed by atoms with Gasteiger partial charge in [0, 0.05) is 12.8 Å². The minimum atomic E-state index is -1.63. The van der Waals surface area contributed by atoms with E-state index >= 15 is 0 Å². The van der Waals surface area contributed by atoms with Crippen molar-refractivity contribution in [2.45, 2.75) is 219 Å². The number of carboxylic acids is 1. The van der Waals surface area contributed by atoms with Crippen molar-refractivity contribution in [2.24, 2.45) is 0 Å². The average Bonchev–Trinajstić information content (AvgIpc) is 3.36. The van der Waals surface area contributed by atoms with Crippen LogP contribution in [0.4, 0.5) is 0 Å². The van der Waals surface area contributed by atoms with Gasteiger partial charge in [0.1, 0.15) is 13.2 Å². The van der Waals surface area contributed by atoms with E-state index in [1.54, 1.807) is 0 Å². The maximum atomic E-state index is 12.9. The van der Waals surface area contributed by atoms with Gasteiger partial charge < -0.3 is 33.3 Å². The van der Waals surface area contributed by atoms with Gasteiger partial charge in [-0.15, -0.1) is 0 Å². The summed E-state index contributed by atoms with van der Waals surface area (Å²) >= 11 is 0. The van der Waals surface area contributed by atoms with Gasteiger partial charge in [-0.1, -0.05) is 206 Å². The highest BCUT2D eigenvalue weighted by Gasteiger charge is 2.22. The van der Waals surface area contributed by atoms with Crippen LogP contribution >= 0.6 is 0 Å². The van der Waals surface area contributed by atoms with E-state index in [-0.39, 0.29) is 38.6 Å². The quantitative estimate of drug-likeness (QED) is 0.0195. The highest BCUT2D eigenvalue weighted by atomic mass is 16.7. The van der Waals surface area contributed by atoms with Crippen molar-refractivity contribution in [3.63, 3.8) is 0 Å². The number of allylic oxidation sites excluding steroid dienone is 20. The molecule has 0 rings (SSSR count). The van der Waals surface area contributed by atoms with Gasteiger partial charge in [-0.3, -0.25) is 9.59 Å². The number of rotatable bonds is 51. The molecule has 73 heavy (non-hydrogen) atoms. The Kier molecular flexibility index (Phi) is 50.8. The Morgan fingerprint density at radius 3 is 1.16 bits per heavy atom. The van der Waals surface area contributed by atoms with Gasteiger partial charge in [0.2, 0.25) is 0 Å². The van der Waals surface area contributed by atoms with Gasteiger partial charge in [0.25, 0.3) is 0 Å². The maximum Gasteiger partial charge on any atom is 0.306 e. The molecular formula is C64H105NO8. The monoisotopic (exact) mass is 1020 g/mol. The molecular weight excluding hydrogens is 911 g/mol. The van der Waals surface area contributed by atoms with E-state index < -0.39 is 24.3 Å². The minimum absolute atomic E-state index is 0.137. The Hall–Kier alpha value is -4.31. The summed E-state index contributed by atoms with van der Waals surface area (Å²) in [5.41, 5.74) is 0.